The molecule has 7 nitrogen and oxygen atoms in total. The molecule has 1 rings (SSSR count). The van der Waals surface area contributed by atoms with E-state index < -0.39 is 23.9 Å². The summed E-state index contributed by atoms with van der Waals surface area (Å²) in [4.78, 5) is 33.1. The number of carbonyl (C=O) groups is 3. The first kappa shape index (κ1) is 15.8. The van der Waals surface area contributed by atoms with E-state index in [9.17, 15) is 14.4 Å². The molecule has 1 aromatic rings. The second-order valence-electron chi connectivity index (χ2n) is 3.82. The van der Waals surface area contributed by atoms with E-state index in [1.165, 1.54) is 24.3 Å². The monoisotopic (exact) mass is 299 g/mol. The van der Waals surface area contributed by atoms with E-state index in [4.69, 9.17) is 15.3 Å². The minimum absolute atomic E-state index is 0.00616. The van der Waals surface area contributed by atoms with Crippen LogP contribution in [0, 0.1) is 0 Å². The van der Waals surface area contributed by atoms with E-state index in [1.54, 1.807) is 0 Å². The van der Waals surface area contributed by atoms with Gasteiger partial charge in [0.2, 0.25) is 0 Å². The summed E-state index contributed by atoms with van der Waals surface area (Å²) in [5.41, 5.74) is 0.206. The largest absolute Gasteiger partial charge is 0.508 e. The van der Waals surface area contributed by atoms with Gasteiger partial charge in [-0.3, -0.25) is 9.59 Å². The summed E-state index contributed by atoms with van der Waals surface area (Å²) in [6, 6.07) is 4.15. The fourth-order valence-electron chi connectivity index (χ4n) is 1.29. The Morgan fingerprint density at radius 1 is 1.15 bits per heavy atom. The molecule has 20 heavy (non-hydrogen) atoms. The number of nitrogens with one attached hydrogen (secondary N) is 1. The standard InChI is InChI=1S/C12H13NO6S/c14-8-3-1-7(2-4-8)11(17)13-9(12(18)19)5-20-6-10(15)16/h1-4,9,14H,5-6H2,(H,13,17)(H,15,16)(H,18,19)/t9-/m0/s1. The lowest BCUT2D eigenvalue weighted by Gasteiger charge is -2.13. The second kappa shape index (κ2) is 7.39. The van der Waals surface area contributed by atoms with Crippen LogP contribution in [0.5, 0.6) is 5.75 Å². The highest BCUT2D eigenvalue weighted by Crippen LogP contribution is 2.10. The number of aliphatic carboxylic acids is 2. The fourth-order valence-corrected chi connectivity index (χ4v) is 2.05. The average Bonchev–Trinajstić information content (AvgIpc) is 2.37. The third-order valence-electron chi connectivity index (χ3n) is 2.24. The molecule has 0 aromatic heterocycles. The predicted octanol–water partition coefficient (Wildman–Crippen LogP) is 0.393. The van der Waals surface area contributed by atoms with Crippen molar-refractivity contribution in [2.24, 2.45) is 0 Å². The Balaban J connectivity index is 2.60. The molecule has 0 unspecified atom stereocenters. The third kappa shape index (κ3) is 5.19. The van der Waals surface area contributed by atoms with Crippen LogP contribution in [0.4, 0.5) is 0 Å². The van der Waals surface area contributed by atoms with Crippen LogP contribution >= 0.6 is 11.8 Å². The lowest BCUT2D eigenvalue weighted by Crippen LogP contribution is -2.42. The topological polar surface area (TPSA) is 124 Å². The van der Waals surface area contributed by atoms with Crippen LogP contribution in [-0.4, -0.2) is 50.7 Å². The summed E-state index contributed by atoms with van der Waals surface area (Å²) in [6.45, 7) is 0. The molecule has 0 saturated heterocycles. The first-order valence-corrected chi connectivity index (χ1v) is 6.68. The van der Waals surface area contributed by atoms with Crippen molar-refractivity contribution < 1.29 is 29.7 Å². The molecule has 0 aliphatic rings. The number of carboxylic acids is 2. The summed E-state index contributed by atoms with van der Waals surface area (Å²) < 4.78 is 0. The molecular weight excluding hydrogens is 286 g/mol. The van der Waals surface area contributed by atoms with Gasteiger partial charge < -0.3 is 20.6 Å². The van der Waals surface area contributed by atoms with Crippen molar-refractivity contribution in [3.8, 4) is 5.75 Å². The highest BCUT2D eigenvalue weighted by Gasteiger charge is 2.21. The van der Waals surface area contributed by atoms with Gasteiger partial charge in [0.05, 0.1) is 5.75 Å². The van der Waals surface area contributed by atoms with E-state index in [2.05, 4.69) is 5.32 Å². The third-order valence-corrected chi connectivity index (χ3v) is 3.26. The lowest BCUT2D eigenvalue weighted by molar-refractivity contribution is -0.138. The Labute approximate surface area is 118 Å². The Hall–Kier alpha value is -2.22. The zero-order chi connectivity index (χ0) is 15.1. The first-order chi connectivity index (χ1) is 9.40. The van der Waals surface area contributed by atoms with Gasteiger partial charge in [-0.2, -0.15) is 0 Å². The molecule has 4 N–H and O–H groups in total. The normalized spacial score (nSPS) is 11.6. The first-order valence-electron chi connectivity index (χ1n) is 5.52. The number of rotatable bonds is 7. The SMILES string of the molecule is O=C(O)CSC[C@H](NC(=O)c1ccc(O)cc1)C(=O)O. The van der Waals surface area contributed by atoms with Crippen molar-refractivity contribution in [1.29, 1.82) is 0 Å². The summed E-state index contributed by atoms with van der Waals surface area (Å²) in [6.07, 6.45) is 0. The molecule has 0 spiro atoms. The number of carbonyl (C=O) groups excluding carboxylic acids is 1. The quantitative estimate of drug-likeness (QED) is 0.574. The Morgan fingerprint density at radius 3 is 2.25 bits per heavy atom. The Bertz CT molecular complexity index is 501. The molecule has 0 radical (unpaired) electrons. The molecule has 0 aliphatic carbocycles. The lowest BCUT2D eigenvalue weighted by atomic mass is 10.2. The van der Waals surface area contributed by atoms with Crippen molar-refractivity contribution >= 4 is 29.6 Å². The van der Waals surface area contributed by atoms with Crippen molar-refractivity contribution in [1.82, 2.24) is 5.32 Å². The molecule has 1 atom stereocenters. The number of hydrogen-bond donors (Lipinski definition) is 4. The van der Waals surface area contributed by atoms with E-state index >= 15 is 0 Å². The van der Waals surface area contributed by atoms with Gasteiger partial charge in [-0.15, -0.1) is 11.8 Å². The van der Waals surface area contributed by atoms with Crippen LogP contribution < -0.4 is 5.32 Å². The number of thioether (sulfide) groups is 1. The summed E-state index contributed by atoms with van der Waals surface area (Å²) >= 11 is 0.902. The highest BCUT2D eigenvalue weighted by atomic mass is 32.2. The van der Waals surface area contributed by atoms with Crippen LogP contribution in [0.3, 0.4) is 0 Å². The van der Waals surface area contributed by atoms with Gasteiger partial charge in [0.15, 0.2) is 0 Å². The van der Waals surface area contributed by atoms with E-state index in [0.29, 0.717) is 0 Å². The molecule has 108 valence electrons. The van der Waals surface area contributed by atoms with Gasteiger partial charge in [-0.05, 0) is 24.3 Å². The minimum Gasteiger partial charge on any atom is -0.508 e. The number of hydrogen-bond acceptors (Lipinski definition) is 5. The number of amides is 1. The van der Waals surface area contributed by atoms with E-state index in [-0.39, 0.29) is 22.8 Å². The smallest absolute Gasteiger partial charge is 0.327 e. The van der Waals surface area contributed by atoms with Gasteiger partial charge in [0, 0.05) is 11.3 Å². The van der Waals surface area contributed by atoms with Crippen LogP contribution in [-0.2, 0) is 9.59 Å². The molecule has 1 aromatic carbocycles. The number of benzene rings is 1. The summed E-state index contributed by atoms with van der Waals surface area (Å²) in [5, 5.41) is 28.8. The number of phenols is 1. The van der Waals surface area contributed by atoms with Crippen LogP contribution in [0.2, 0.25) is 0 Å². The summed E-state index contributed by atoms with van der Waals surface area (Å²) in [5.74, 6) is -3.19. The Kier molecular flexibility index (Phi) is 5.85. The van der Waals surface area contributed by atoms with E-state index in [0.717, 1.165) is 11.8 Å². The maximum atomic E-state index is 11.8. The zero-order valence-corrected chi connectivity index (χ0v) is 11.1. The number of aromatic hydroxyl groups is 1. The average molecular weight is 299 g/mol. The van der Waals surface area contributed by atoms with Gasteiger partial charge in [-0.1, -0.05) is 0 Å². The van der Waals surface area contributed by atoms with Crippen LogP contribution in [0.1, 0.15) is 10.4 Å². The predicted molar refractivity (Wildman–Crippen MR) is 72.0 cm³/mol. The van der Waals surface area contributed by atoms with Gasteiger partial charge >= 0.3 is 11.9 Å². The number of carboxylic acid groups (broad SMARTS) is 2. The van der Waals surface area contributed by atoms with E-state index in [1.807, 2.05) is 0 Å². The molecule has 0 heterocycles. The molecule has 0 aliphatic heterocycles. The van der Waals surface area contributed by atoms with Crippen molar-refractivity contribution in [2.45, 2.75) is 6.04 Å². The highest BCUT2D eigenvalue weighted by molar-refractivity contribution is 8.00. The van der Waals surface area contributed by atoms with Gasteiger partial charge in [-0.25, -0.2) is 4.79 Å². The molecule has 0 bridgehead atoms. The number of phenolic OH excluding ortho intramolecular Hbond substituents is 1. The zero-order valence-electron chi connectivity index (χ0n) is 10.3. The molecular formula is C12H13NO6S. The summed E-state index contributed by atoms with van der Waals surface area (Å²) in [7, 11) is 0. The van der Waals surface area contributed by atoms with Gasteiger partial charge in [0.1, 0.15) is 11.8 Å². The maximum Gasteiger partial charge on any atom is 0.327 e. The second-order valence-corrected chi connectivity index (χ2v) is 4.85. The fraction of sp³-hybridized carbons (Fsp3) is 0.250. The molecule has 0 saturated carbocycles. The van der Waals surface area contributed by atoms with Gasteiger partial charge in [0.25, 0.3) is 5.91 Å². The van der Waals surface area contributed by atoms with Crippen molar-refractivity contribution in [3.05, 3.63) is 29.8 Å². The molecule has 1 amide bonds. The Morgan fingerprint density at radius 2 is 1.75 bits per heavy atom. The van der Waals surface area contributed by atoms with Crippen molar-refractivity contribution in [2.75, 3.05) is 11.5 Å². The van der Waals surface area contributed by atoms with Crippen LogP contribution in [0.25, 0.3) is 0 Å². The molecule has 8 heteroatoms. The maximum absolute atomic E-state index is 11.8. The van der Waals surface area contributed by atoms with Crippen molar-refractivity contribution in [3.63, 3.8) is 0 Å². The molecule has 0 fully saturated rings. The van der Waals surface area contributed by atoms with Crippen LogP contribution in [0.15, 0.2) is 24.3 Å². The minimum atomic E-state index is -1.24.